The number of hydrogen-bond donors (Lipinski definition) is 2. The Morgan fingerprint density at radius 1 is 1.30 bits per heavy atom. The first kappa shape index (κ1) is 22.1. The number of aromatic nitrogens is 1. The van der Waals surface area contributed by atoms with E-state index >= 15 is 0 Å². The molecule has 0 saturated carbocycles. The third kappa shape index (κ3) is 6.19. The third-order valence-electron chi connectivity index (χ3n) is 4.96. The second-order valence-electron chi connectivity index (χ2n) is 7.16. The van der Waals surface area contributed by atoms with E-state index < -0.39 is 6.61 Å². The van der Waals surface area contributed by atoms with Gasteiger partial charge in [0.2, 0.25) is 0 Å². The molecule has 0 unspecified atom stereocenters. The normalized spacial score (nSPS) is 15.4. The van der Waals surface area contributed by atoms with Crippen molar-refractivity contribution in [1.82, 2.24) is 15.6 Å². The van der Waals surface area contributed by atoms with Crippen LogP contribution >= 0.6 is 11.6 Å². The molecule has 162 valence electrons. The lowest BCUT2D eigenvalue weighted by atomic mass is 10.1. The molecule has 0 bridgehead atoms. The maximum absolute atomic E-state index is 12.6. The number of nitrogens with one attached hydrogen (secondary N) is 2. The average Bonchev–Trinajstić information content (AvgIpc) is 2.73. The van der Waals surface area contributed by atoms with Crippen molar-refractivity contribution in [2.75, 3.05) is 25.0 Å². The summed E-state index contributed by atoms with van der Waals surface area (Å²) >= 11 is 6.00. The molecule has 2 N–H and O–H groups in total. The number of rotatable bonds is 6. The molecular weight excluding hydrogens is 412 g/mol. The molecule has 0 spiro atoms. The van der Waals surface area contributed by atoms with Gasteiger partial charge in [-0.15, -0.1) is 0 Å². The van der Waals surface area contributed by atoms with Crippen molar-refractivity contribution in [2.24, 2.45) is 4.99 Å². The molecule has 3 rings (SSSR count). The van der Waals surface area contributed by atoms with Crippen LogP contribution < -0.4 is 20.3 Å². The first-order valence-electron chi connectivity index (χ1n) is 9.82. The van der Waals surface area contributed by atoms with E-state index in [9.17, 15) is 8.78 Å². The number of anilines is 1. The van der Waals surface area contributed by atoms with E-state index in [0.717, 1.165) is 37.3 Å². The fourth-order valence-corrected chi connectivity index (χ4v) is 3.56. The maximum atomic E-state index is 12.6. The maximum Gasteiger partial charge on any atom is 0.387 e. The zero-order valence-electron chi connectivity index (χ0n) is 17.0. The molecule has 1 fully saturated rings. The van der Waals surface area contributed by atoms with E-state index in [-0.39, 0.29) is 18.3 Å². The Labute approximate surface area is 180 Å². The summed E-state index contributed by atoms with van der Waals surface area (Å²) in [7, 11) is 1.68. The summed E-state index contributed by atoms with van der Waals surface area (Å²) < 4.78 is 29.8. The molecule has 1 aromatic carbocycles. The lowest BCUT2D eigenvalue weighted by Crippen LogP contribution is -2.48. The van der Waals surface area contributed by atoms with Crippen LogP contribution in [0.4, 0.5) is 14.6 Å². The minimum atomic E-state index is -2.89. The van der Waals surface area contributed by atoms with E-state index in [2.05, 4.69) is 36.3 Å². The Hall–Kier alpha value is -2.61. The lowest BCUT2D eigenvalue weighted by Gasteiger charge is -2.33. The van der Waals surface area contributed by atoms with Crippen LogP contribution in [0.25, 0.3) is 0 Å². The summed E-state index contributed by atoms with van der Waals surface area (Å²) in [6.45, 7) is 1.18. The number of halogens is 3. The Bertz CT molecular complexity index is 855. The summed E-state index contributed by atoms with van der Waals surface area (Å²) in [5, 5.41) is 7.01. The van der Waals surface area contributed by atoms with Gasteiger partial charge in [-0.1, -0.05) is 17.7 Å². The quantitative estimate of drug-likeness (QED) is 0.528. The van der Waals surface area contributed by atoms with E-state index in [1.54, 1.807) is 13.1 Å². The molecule has 1 aromatic heterocycles. The molecule has 9 heteroatoms. The van der Waals surface area contributed by atoms with E-state index in [4.69, 9.17) is 11.6 Å². The van der Waals surface area contributed by atoms with Crippen LogP contribution in [-0.4, -0.2) is 43.7 Å². The van der Waals surface area contributed by atoms with Crippen molar-refractivity contribution in [1.29, 1.82) is 0 Å². The van der Waals surface area contributed by atoms with E-state index in [1.165, 1.54) is 12.1 Å². The predicted octanol–water partition coefficient (Wildman–Crippen LogP) is 3.98. The zero-order chi connectivity index (χ0) is 21.5. The SMILES string of the molecule is CN=C(NCc1cc(Cl)ccc1OC(F)F)NC1CCN(c2ccc(C)cn2)CC1. The first-order chi connectivity index (χ1) is 14.4. The summed E-state index contributed by atoms with van der Waals surface area (Å²) in [6.07, 6.45) is 3.76. The number of ether oxygens (including phenoxy) is 1. The summed E-state index contributed by atoms with van der Waals surface area (Å²) in [5.74, 6) is 1.69. The van der Waals surface area contributed by atoms with Gasteiger partial charge in [0, 0.05) is 49.5 Å². The Balaban J connectivity index is 1.52. The highest BCUT2D eigenvalue weighted by Gasteiger charge is 2.21. The number of nitrogens with zero attached hydrogens (tertiary/aromatic N) is 3. The van der Waals surface area contributed by atoms with Gasteiger partial charge in [0.15, 0.2) is 5.96 Å². The number of alkyl halides is 2. The van der Waals surface area contributed by atoms with Crippen molar-refractivity contribution in [3.8, 4) is 5.75 Å². The molecule has 1 aliphatic rings. The number of aliphatic imine (C=N–C) groups is 1. The number of hydrogen-bond acceptors (Lipinski definition) is 4. The number of pyridine rings is 1. The van der Waals surface area contributed by atoms with Crippen LogP contribution in [0.5, 0.6) is 5.75 Å². The molecule has 0 aliphatic carbocycles. The molecule has 1 saturated heterocycles. The number of piperidine rings is 1. The van der Waals surface area contributed by atoms with Gasteiger partial charge in [0.25, 0.3) is 0 Å². The minimum absolute atomic E-state index is 0.0938. The topological polar surface area (TPSA) is 61.8 Å². The average molecular weight is 438 g/mol. The fraction of sp³-hybridized carbons (Fsp3) is 0.429. The molecule has 0 radical (unpaired) electrons. The molecular formula is C21H26ClF2N5O. The van der Waals surface area contributed by atoms with Gasteiger partial charge in [-0.3, -0.25) is 4.99 Å². The van der Waals surface area contributed by atoms with Crippen molar-refractivity contribution < 1.29 is 13.5 Å². The van der Waals surface area contributed by atoms with Crippen LogP contribution in [0.15, 0.2) is 41.5 Å². The third-order valence-corrected chi connectivity index (χ3v) is 5.20. The van der Waals surface area contributed by atoms with Gasteiger partial charge < -0.3 is 20.3 Å². The second-order valence-corrected chi connectivity index (χ2v) is 7.59. The molecule has 0 amide bonds. The van der Waals surface area contributed by atoms with Crippen LogP contribution in [-0.2, 0) is 6.54 Å². The van der Waals surface area contributed by atoms with Crippen molar-refractivity contribution in [3.63, 3.8) is 0 Å². The Morgan fingerprint density at radius 3 is 2.70 bits per heavy atom. The smallest absolute Gasteiger partial charge is 0.387 e. The summed E-state index contributed by atoms with van der Waals surface area (Å²) in [4.78, 5) is 11.0. The van der Waals surface area contributed by atoms with Crippen LogP contribution in [0.2, 0.25) is 5.02 Å². The molecule has 2 aromatic rings. The highest BCUT2D eigenvalue weighted by Crippen LogP contribution is 2.24. The first-order valence-corrected chi connectivity index (χ1v) is 10.2. The van der Waals surface area contributed by atoms with Gasteiger partial charge in [0.05, 0.1) is 0 Å². The largest absolute Gasteiger partial charge is 0.434 e. The van der Waals surface area contributed by atoms with Gasteiger partial charge in [0.1, 0.15) is 11.6 Å². The monoisotopic (exact) mass is 437 g/mol. The van der Waals surface area contributed by atoms with Gasteiger partial charge in [-0.25, -0.2) is 4.98 Å². The highest BCUT2D eigenvalue weighted by atomic mass is 35.5. The van der Waals surface area contributed by atoms with E-state index in [0.29, 0.717) is 16.5 Å². The fourth-order valence-electron chi connectivity index (χ4n) is 3.36. The summed E-state index contributed by atoms with van der Waals surface area (Å²) in [6, 6.07) is 8.94. The number of guanidine groups is 1. The van der Waals surface area contributed by atoms with Crippen molar-refractivity contribution >= 4 is 23.4 Å². The van der Waals surface area contributed by atoms with Crippen LogP contribution in [0.3, 0.4) is 0 Å². The second kappa shape index (κ2) is 10.4. The standard InChI is InChI=1S/C21H26ClF2N5O/c1-14-3-6-19(26-12-14)29-9-7-17(8-10-29)28-21(25-2)27-13-15-11-16(22)4-5-18(15)30-20(23)24/h3-6,11-12,17,20H,7-10,13H2,1-2H3,(H2,25,27,28). The van der Waals surface area contributed by atoms with Gasteiger partial charge in [-0.2, -0.15) is 8.78 Å². The highest BCUT2D eigenvalue weighted by molar-refractivity contribution is 6.30. The zero-order valence-corrected chi connectivity index (χ0v) is 17.8. The lowest BCUT2D eigenvalue weighted by molar-refractivity contribution is -0.0504. The number of aryl methyl sites for hydroxylation is 1. The van der Waals surface area contributed by atoms with Gasteiger partial charge in [-0.05, 0) is 49.6 Å². The number of benzene rings is 1. The van der Waals surface area contributed by atoms with Crippen molar-refractivity contribution in [2.45, 2.75) is 39.0 Å². The molecule has 2 heterocycles. The summed E-state index contributed by atoms with van der Waals surface area (Å²) in [5.41, 5.74) is 1.68. The molecule has 30 heavy (non-hydrogen) atoms. The van der Waals surface area contributed by atoms with Gasteiger partial charge >= 0.3 is 6.61 Å². The van der Waals surface area contributed by atoms with Crippen LogP contribution in [0, 0.1) is 6.92 Å². The van der Waals surface area contributed by atoms with Crippen molar-refractivity contribution in [3.05, 3.63) is 52.7 Å². The Morgan fingerprint density at radius 2 is 2.07 bits per heavy atom. The van der Waals surface area contributed by atoms with E-state index in [1.807, 2.05) is 19.2 Å². The minimum Gasteiger partial charge on any atom is -0.434 e. The molecule has 0 atom stereocenters. The molecule has 6 nitrogen and oxygen atoms in total. The predicted molar refractivity (Wildman–Crippen MR) is 116 cm³/mol. The van der Waals surface area contributed by atoms with Crippen LogP contribution in [0.1, 0.15) is 24.0 Å². The Kier molecular flexibility index (Phi) is 7.68. The molecule has 1 aliphatic heterocycles.